The maximum absolute atomic E-state index is 13.3. The average molecular weight is 1100 g/mol. The van der Waals surface area contributed by atoms with Gasteiger partial charge in [-0.15, -0.1) is 0 Å². The van der Waals surface area contributed by atoms with E-state index in [0.717, 1.165) is 71.1 Å². The lowest BCUT2D eigenvalue weighted by atomic mass is 9.88. The molecule has 0 radical (unpaired) electrons. The first-order valence-corrected chi connectivity index (χ1v) is 27.7. The average Bonchev–Trinajstić information content (AvgIpc) is 3.39. The Hall–Kier alpha value is -2.79. The van der Waals surface area contributed by atoms with Crippen LogP contribution < -0.4 is 10.6 Å². The van der Waals surface area contributed by atoms with Crippen molar-refractivity contribution in [2.75, 3.05) is 26.4 Å². The number of carboxylic acids is 1. The van der Waals surface area contributed by atoms with Crippen LogP contribution in [0.4, 0.5) is 0 Å². The van der Waals surface area contributed by atoms with E-state index in [9.17, 15) is 75.7 Å². The van der Waals surface area contributed by atoms with Crippen LogP contribution in [0.2, 0.25) is 0 Å². The van der Waals surface area contributed by atoms with Gasteiger partial charge in [-0.05, 0) is 38.5 Å². The first-order valence-electron chi connectivity index (χ1n) is 27.7. The van der Waals surface area contributed by atoms with E-state index < -0.39 is 155 Å². The Labute approximate surface area is 447 Å². The summed E-state index contributed by atoms with van der Waals surface area (Å²) in [5, 5.41) is 135. The van der Waals surface area contributed by atoms with Crippen molar-refractivity contribution in [1.29, 1.82) is 0 Å². The maximum Gasteiger partial charge on any atom is 0.364 e. The molecule has 3 rings (SSSR count). The smallest absolute Gasteiger partial charge is 0.364 e. The molecule has 3 saturated heterocycles. The Morgan fingerprint density at radius 3 is 1.83 bits per heavy atom. The molecule has 23 nitrogen and oxygen atoms in total. The number of aliphatic carboxylic acids is 1. The summed E-state index contributed by atoms with van der Waals surface area (Å²) in [6.45, 7) is 1.99. The minimum Gasteiger partial charge on any atom is -0.477 e. The number of amides is 2. The predicted octanol–water partition coefficient (Wildman–Crippen LogP) is 0.601. The number of ether oxygens (including phenoxy) is 6. The molecule has 14 N–H and O–H groups in total. The van der Waals surface area contributed by atoms with Crippen molar-refractivity contribution in [3.63, 3.8) is 0 Å². The summed E-state index contributed by atoms with van der Waals surface area (Å²) < 4.78 is 34.5. The van der Waals surface area contributed by atoms with Crippen molar-refractivity contribution in [2.24, 2.45) is 0 Å². The second kappa shape index (κ2) is 36.5. The van der Waals surface area contributed by atoms with E-state index in [1.807, 2.05) is 6.08 Å². The van der Waals surface area contributed by atoms with Crippen molar-refractivity contribution >= 4 is 17.8 Å². The van der Waals surface area contributed by atoms with Crippen molar-refractivity contribution in [3.8, 4) is 0 Å². The first kappa shape index (κ1) is 67.5. The SMILES string of the molecule is CCCC/C=C\CCCCCCCC(=O)NC(COC1OC(CO)C(OC2OC(CO)C(O)C(OC3(C(=O)O)CC(O)C(NC(C)=O)C(C(O)C(O)CO)O3)C2O)C(O)C1O)C(O)/C=C/CCCCCCCCCCC. The van der Waals surface area contributed by atoms with Crippen molar-refractivity contribution in [3.05, 3.63) is 24.3 Å². The second-order valence-corrected chi connectivity index (χ2v) is 20.4. The van der Waals surface area contributed by atoms with Crippen LogP contribution in [0.1, 0.15) is 156 Å². The third-order valence-electron chi connectivity index (χ3n) is 14.1. The third-order valence-corrected chi connectivity index (χ3v) is 14.1. The fourth-order valence-corrected chi connectivity index (χ4v) is 9.57. The monoisotopic (exact) mass is 1090 g/mol. The molecule has 0 aromatic heterocycles. The van der Waals surface area contributed by atoms with Gasteiger partial charge in [-0.2, -0.15) is 0 Å². The first-order chi connectivity index (χ1) is 36.4. The molecular formula is C53H94N2O21. The number of hydrogen-bond donors (Lipinski definition) is 14. The minimum atomic E-state index is -3.08. The fraction of sp³-hybridized carbons (Fsp3) is 0.868. The summed E-state index contributed by atoms with van der Waals surface area (Å²) in [6, 6.07) is -2.62. The van der Waals surface area contributed by atoms with E-state index in [2.05, 4.69) is 36.6 Å². The van der Waals surface area contributed by atoms with E-state index in [1.54, 1.807) is 6.08 Å². The van der Waals surface area contributed by atoms with Crippen LogP contribution in [0.15, 0.2) is 24.3 Å². The van der Waals surface area contributed by atoms with Gasteiger partial charge >= 0.3 is 5.97 Å². The van der Waals surface area contributed by atoms with E-state index >= 15 is 0 Å². The van der Waals surface area contributed by atoms with Crippen LogP contribution in [0.3, 0.4) is 0 Å². The van der Waals surface area contributed by atoms with Gasteiger partial charge in [0.1, 0.15) is 67.1 Å². The predicted molar refractivity (Wildman–Crippen MR) is 274 cm³/mol. The van der Waals surface area contributed by atoms with Crippen molar-refractivity contribution in [1.82, 2.24) is 10.6 Å². The van der Waals surface area contributed by atoms with Gasteiger partial charge < -0.3 is 100 Å². The Morgan fingerprint density at radius 2 is 1.25 bits per heavy atom. The number of carbonyl (C=O) groups excluding carboxylic acids is 2. The zero-order valence-electron chi connectivity index (χ0n) is 44.8. The number of carboxylic acid groups (broad SMARTS) is 1. The Morgan fingerprint density at radius 1 is 0.684 bits per heavy atom. The van der Waals surface area contributed by atoms with Crippen LogP contribution in [0.5, 0.6) is 0 Å². The van der Waals surface area contributed by atoms with Crippen LogP contribution in [0, 0.1) is 0 Å². The van der Waals surface area contributed by atoms with Gasteiger partial charge in [0.25, 0.3) is 5.79 Å². The molecule has 3 heterocycles. The highest BCUT2D eigenvalue weighted by Crippen LogP contribution is 2.38. The molecule has 76 heavy (non-hydrogen) atoms. The van der Waals surface area contributed by atoms with Crippen molar-refractivity contribution < 1.29 is 104 Å². The highest BCUT2D eigenvalue weighted by atomic mass is 16.8. The Balaban J connectivity index is 1.72. The number of rotatable bonds is 38. The molecule has 3 aliphatic heterocycles. The van der Waals surface area contributed by atoms with Crippen LogP contribution in [0.25, 0.3) is 0 Å². The van der Waals surface area contributed by atoms with Gasteiger partial charge in [0.2, 0.25) is 11.8 Å². The molecule has 0 aliphatic carbocycles. The number of hydrogen-bond acceptors (Lipinski definition) is 20. The molecule has 23 heteroatoms. The maximum atomic E-state index is 13.3. The zero-order valence-corrected chi connectivity index (χ0v) is 44.8. The van der Waals surface area contributed by atoms with Gasteiger partial charge in [0.05, 0.1) is 50.7 Å². The second-order valence-electron chi connectivity index (χ2n) is 20.4. The highest BCUT2D eigenvalue weighted by molar-refractivity contribution is 5.77. The van der Waals surface area contributed by atoms with Crippen LogP contribution in [-0.2, 0) is 42.8 Å². The molecule has 0 spiro atoms. The Kier molecular flexibility index (Phi) is 32.4. The zero-order chi connectivity index (χ0) is 56.2. The highest BCUT2D eigenvalue weighted by Gasteiger charge is 2.60. The van der Waals surface area contributed by atoms with Gasteiger partial charge in [0.15, 0.2) is 12.6 Å². The third kappa shape index (κ3) is 21.7. The van der Waals surface area contributed by atoms with Crippen LogP contribution >= 0.6 is 0 Å². The molecule has 18 unspecified atom stereocenters. The molecule has 0 aromatic carbocycles. The largest absolute Gasteiger partial charge is 0.477 e. The van der Waals surface area contributed by atoms with E-state index in [-0.39, 0.29) is 12.3 Å². The van der Waals surface area contributed by atoms with Gasteiger partial charge in [0, 0.05) is 19.8 Å². The molecule has 2 amide bonds. The lowest BCUT2D eigenvalue weighted by molar-refractivity contribution is -0.386. The lowest BCUT2D eigenvalue weighted by Gasteiger charge is -2.50. The molecule has 442 valence electrons. The Bertz CT molecular complexity index is 1680. The number of aliphatic hydroxyl groups is 11. The normalized spacial score (nSPS) is 31.8. The molecule has 0 bridgehead atoms. The standard InChI is InChI=1S/C53H94N2O21/c1-4-6-8-10-12-14-16-18-20-22-24-26-35(60)34(55-40(63)27-25-23-21-19-17-15-13-11-9-7-5-2)32-71-50-45(67)44(66)47(39(31-58)73-50)74-51-46(68)49(43(65)38(30-57)72-51)76-53(52(69)70)28-36(61)41(54-33(3)59)48(75-53)42(64)37(62)29-56/h11,13,24,26,34-39,41-51,56-58,60-62,64-68H,4-10,12,14-23,25,27-32H2,1-3H3,(H,54,59)(H,55,63)(H,69,70)/b13-11-,26-24+. The fourth-order valence-electron chi connectivity index (χ4n) is 9.57. The summed E-state index contributed by atoms with van der Waals surface area (Å²) in [6.07, 6.45) is -1.44. The van der Waals surface area contributed by atoms with Gasteiger partial charge in [-0.1, -0.05) is 122 Å². The number of aliphatic hydroxyl groups excluding tert-OH is 11. The molecule has 0 saturated carbocycles. The molecule has 18 atom stereocenters. The van der Waals surface area contributed by atoms with E-state index in [1.165, 1.54) is 44.9 Å². The molecule has 3 aliphatic rings. The quantitative estimate of drug-likeness (QED) is 0.0297. The summed E-state index contributed by atoms with van der Waals surface area (Å²) in [7, 11) is 0. The van der Waals surface area contributed by atoms with Gasteiger partial charge in [-0.25, -0.2) is 4.79 Å². The summed E-state index contributed by atoms with van der Waals surface area (Å²) in [5.74, 6) is -6.16. The molecular weight excluding hydrogens is 1000 g/mol. The van der Waals surface area contributed by atoms with E-state index in [4.69, 9.17) is 28.4 Å². The molecule has 0 aromatic rings. The number of unbranched alkanes of at least 4 members (excludes halogenated alkanes) is 16. The number of allylic oxidation sites excluding steroid dienone is 3. The molecule has 3 fully saturated rings. The summed E-state index contributed by atoms with van der Waals surface area (Å²) in [4.78, 5) is 38.2. The van der Waals surface area contributed by atoms with Gasteiger partial charge in [-0.3, -0.25) is 9.59 Å². The summed E-state index contributed by atoms with van der Waals surface area (Å²) >= 11 is 0. The van der Waals surface area contributed by atoms with E-state index in [0.29, 0.717) is 12.8 Å². The van der Waals surface area contributed by atoms with Crippen molar-refractivity contribution in [2.45, 2.75) is 265 Å². The lowest BCUT2D eigenvalue weighted by Crippen LogP contribution is -2.70. The number of nitrogens with one attached hydrogen (secondary N) is 2. The minimum absolute atomic E-state index is 0.189. The summed E-state index contributed by atoms with van der Waals surface area (Å²) in [5.41, 5.74) is 0. The number of carbonyl (C=O) groups is 3. The van der Waals surface area contributed by atoms with Crippen LogP contribution in [-0.4, -0.2) is 215 Å². The topological polar surface area (TPSA) is 373 Å².